The number of hydrogen-bond donors (Lipinski definition) is 3. The van der Waals surface area contributed by atoms with Gasteiger partial charge >= 0.3 is 0 Å². The molecular formula is C23H23ClN6O4. The van der Waals surface area contributed by atoms with Crippen LogP contribution in [-0.2, 0) is 19.4 Å². The van der Waals surface area contributed by atoms with Crippen molar-refractivity contribution in [2.45, 2.75) is 19.4 Å². The van der Waals surface area contributed by atoms with Crippen molar-refractivity contribution >= 4 is 28.5 Å². The first-order valence-electron chi connectivity index (χ1n) is 11.0. The summed E-state index contributed by atoms with van der Waals surface area (Å²) in [5, 5.41) is 6.58. The van der Waals surface area contributed by atoms with E-state index in [0.717, 1.165) is 41.3 Å². The van der Waals surface area contributed by atoms with E-state index in [1.54, 1.807) is 18.3 Å². The van der Waals surface area contributed by atoms with Crippen LogP contribution in [-0.4, -0.2) is 52.1 Å². The molecule has 1 aliphatic heterocycles. The minimum Gasteiger partial charge on any atom is -0.486 e. The quantitative estimate of drug-likeness (QED) is 0.311. The topological polar surface area (TPSA) is 127 Å². The summed E-state index contributed by atoms with van der Waals surface area (Å²) in [6, 6.07) is 7.29. The molecular weight excluding hydrogens is 460 g/mol. The smallest absolute Gasteiger partial charge is 0.273 e. The van der Waals surface area contributed by atoms with Crippen LogP contribution in [0.2, 0.25) is 5.02 Å². The number of oxazole rings is 1. The Bertz CT molecular complexity index is 1260. The highest BCUT2D eigenvalue weighted by Gasteiger charge is 2.15. The number of carbonyl (C=O) groups is 1. The Hall–Kier alpha value is -3.63. The van der Waals surface area contributed by atoms with E-state index in [1.165, 1.54) is 6.26 Å². The Morgan fingerprint density at radius 3 is 2.79 bits per heavy atom. The summed E-state index contributed by atoms with van der Waals surface area (Å²) in [5.74, 6) is 2.50. The maximum absolute atomic E-state index is 12.3. The highest BCUT2D eigenvalue weighted by atomic mass is 35.5. The monoisotopic (exact) mass is 482 g/mol. The summed E-state index contributed by atoms with van der Waals surface area (Å²) in [5.41, 5.74) is 2.60. The van der Waals surface area contributed by atoms with Crippen molar-refractivity contribution in [2.24, 2.45) is 0 Å². The number of rotatable bonds is 9. The zero-order valence-electron chi connectivity index (χ0n) is 18.3. The summed E-state index contributed by atoms with van der Waals surface area (Å²) in [7, 11) is 0. The molecule has 0 fully saturated rings. The molecule has 4 heterocycles. The van der Waals surface area contributed by atoms with E-state index in [0.29, 0.717) is 42.8 Å². The van der Waals surface area contributed by atoms with Gasteiger partial charge in [-0.3, -0.25) is 9.78 Å². The lowest BCUT2D eigenvalue weighted by Gasteiger charge is -2.17. The number of nitrogens with zero attached hydrogens (tertiary/aromatic N) is 3. The molecule has 1 aromatic carbocycles. The van der Waals surface area contributed by atoms with Crippen molar-refractivity contribution in [3.63, 3.8) is 0 Å². The summed E-state index contributed by atoms with van der Waals surface area (Å²) in [6.07, 6.45) is 4.27. The van der Waals surface area contributed by atoms with Crippen molar-refractivity contribution in [1.29, 1.82) is 0 Å². The van der Waals surface area contributed by atoms with Gasteiger partial charge in [-0.05, 0) is 12.1 Å². The predicted octanol–water partition coefficient (Wildman–Crippen LogP) is 2.68. The lowest BCUT2D eigenvalue weighted by molar-refractivity contribution is 0.0945. The number of amides is 1. The van der Waals surface area contributed by atoms with Crippen LogP contribution in [0, 0.1) is 0 Å². The zero-order valence-corrected chi connectivity index (χ0v) is 19.0. The van der Waals surface area contributed by atoms with Crippen molar-refractivity contribution in [3.8, 4) is 11.5 Å². The Morgan fingerprint density at radius 1 is 1.12 bits per heavy atom. The third-order valence-electron chi connectivity index (χ3n) is 5.28. The largest absolute Gasteiger partial charge is 0.486 e. The molecule has 10 nitrogen and oxygen atoms in total. The number of ether oxygens (including phenoxy) is 2. The third kappa shape index (κ3) is 5.13. The molecule has 11 heteroatoms. The van der Waals surface area contributed by atoms with E-state index < -0.39 is 0 Å². The molecule has 0 saturated carbocycles. The standard InChI is InChI=1S/C23H23ClN6O4/c24-14-2-1-5-26-17(14)12-27-23(31)18-13-34-22(30-18)4-7-25-6-3-21-28-15-10-19-20(11-16(15)29-21)33-9-8-32-19/h1-2,5,10-11,13,25H,3-4,6-9,12H2,(H,27,31)(H,28,29). The van der Waals surface area contributed by atoms with Gasteiger partial charge in [-0.1, -0.05) is 11.6 Å². The van der Waals surface area contributed by atoms with Gasteiger partial charge in [0.05, 0.1) is 28.3 Å². The molecule has 3 aromatic heterocycles. The minimum absolute atomic E-state index is 0.215. The van der Waals surface area contributed by atoms with E-state index in [9.17, 15) is 4.79 Å². The number of aromatic nitrogens is 4. The van der Waals surface area contributed by atoms with Crippen LogP contribution in [0.1, 0.15) is 27.9 Å². The maximum atomic E-state index is 12.3. The molecule has 4 aromatic rings. The SMILES string of the molecule is O=C(NCc1ncccc1Cl)c1coc(CCNCCc2nc3cc4c(cc3[nH]2)OCCO4)n1. The molecule has 0 spiro atoms. The summed E-state index contributed by atoms with van der Waals surface area (Å²) >= 11 is 6.06. The van der Waals surface area contributed by atoms with Gasteiger partial charge in [0.2, 0.25) is 0 Å². The van der Waals surface area contributed by atoms with Crippen molar-refractivity contribution in [1.82, 2.24) is 30.6 Å². The first-order valence-corrected chi connectivity index (χ1v) is 11.3. The normalized spacial score (nSPS) is 12.7. The molecule has 0 radical (unpaired) electrons. The summed E-state index contributed by atoms with van der Waals surface area (Å²) in [4.78, 5) is 28.6. The number of pyridine rings is 1. The zero-order chi connectivity index (χ0) is 23.3. The Balaban J connectivity index is 1.06. The van der Waals surface area contributed by atoms with Gasteiger partial charge in [0.15, 0.2) is 23.1 Å². The number of imidazole rings is 1. The number of hydrogen-bond acceptors (Lipinski definition) is 8. The van der Waals surface area contributed by atoms with Crippen LogP contribution in [0.15, 0.2) is 41.1 Å². The maximum Gasteiger partial charge on any atom is 0.273 e. The van der Waals surface area contributed by atoms with E-state index in [4.69, 9.17) is 25.5 Å². The second-order valence-corrected chi connectivity index (χ2v) is 8.09. The number of carbonyl (C=O) groups excluding carboxylic acids is 1. The molecule has 0 aliphatic carbocycles. The Labute approximate surface area is 200 Å². The number of nitrogens with one attached hydrogen (secondary N) is 3. The van der Waals surface area contributed by atoms with Crippen LogP contribution in [0.25, 0.3) is 11.0 Å². The Kier molecular flexibility index (Phi) is 6.59. The fourth-order valence-electron chi connectivity index (χ4n) is 3.58. The van der Waals surface area contributed by atoms with Crippen LogP contribution in [0.3, 0.4) is 0 Å². The highest BCUT2D eigenvalue weighted by molar-refractivity contribution is 6.31. The first kappa shape index (κ1) is 22.2. The lowest BCUT2D eigenvalue weighted by Crippen LogP contribution is -2.24. The van der Waals surface area contributed by atoms with Gasteiger partial charge in [-0.2, -0.15) is 0 Å². The van der Waals surface area contributed by atoms with Crippen molar-refractivity contribution < 1.29 is 18.7 Å². The number of H-pyrrole nitrogens is 1. The lowest BCUT2D eigenvalue weighted by atomic mass is 10.2. The fourth-order valence-corrected chi connectivity index (χ4v) is 3.77. The third-order valence-corrected chi connectivity index (χ3v) is 5.63. The molecule has 34 heavy (non-hydrogen) atoms. The van der Waals surface area contributed by atoms with Crippen molar-refractivity contribution in [3.05, 3.63) is 64.9 Å². The van der Waals surface area contributed by atoms with Gasteiger partial charge < -0.3 is 29.5 Å². The van der Waals surface area contributed by atoms with E-state index in [2.05, 4.69) is 30.6 Å². The number of fused-ring (bicyclic) bond motifs is 2. The number of halogens is 1. The average molecular weight is 483 g/mol. The minimum atomic E-state index is -0.341. The van der Waals surface area contributed by atoms with Gasteiger partial charge in [-0.15, -0.1) is 0 Å². The van der Waals surface area contributed by atoms with Crippen LogP contribution >= 0.6 is 11.6 Å². The average Bonchev–Trinajstić information content (AvgIpc) is 3.48. The summed E-state index contributed by atoms with van der Waals surface area (Å²) in [6.45, 7) is 2.70. The molecule has 1 aliphatic rings. The van der Waals surface area contributed by atoms with E-state index in [1.807, 2.05) is 12.1 Å². The molecule has 0 atom stereocenters. The first-order chi connectivity index (χ1) is 16.7. The molecule has 3 N–H and O–H groups in total. The molecule has 5 rings (SSSR count). The fraction of sp³-hybridized carbons (Fsp3) is 0.304. The summed E-state index contributed by atoms with van der Waals surface area (Å²) < 4.78 is 16.6. The van der Waals surface area contributed by atoms with Gasteiger partial charge in [-0.25, -0.2) is 9.97 Å². The van der Waals surface area contributed by atoms with Crippen molar-refractivity contribution in [2.75, 3.05) is 26.3 Å². The second-order valence-electron chi connectivity index (χ2n) is 7.69. The van der Waals surface area contributed by atoms with Crippen LogP contribution < -0.4 is 20.1 Å². The molecule has 0 saturated heterocycles. The van der Waals surface area contributed by atoms with E-state index in [-0.39, 0.29) is 18.1 Å². The van der Waals surface area contributed by atoms with Crippen LogP contribution in [0.5, 0.6) is 11.5 Å². The van der Waals surface area contributed by atoms with Gasteiger partial charge in [0.25, 0.3) is 5.91 Å². The number of aromatic amines is 1. The molecule has 0 bridgehead atoms. The molecule has 176 valence electrons. The predicted molar refractivity (Wildman–Crippen MR) is 124 cm³/mol. The van der Waals surface area contributed by atoms with Gasteiger partial charge in [0.1, 0.15) is 25.3 Å². The number of benzene rings is 1. The highest BCUT2D eigenvalue weighted by Crippen LogP contribution is 2.33. The van der Waals surface area contributed by atoms with Crippen LogP contribution in [0.4, 0.5) is 0 Å². The van der Waals surface area contributed by atoms with Gasteiger partial charge in [0, 0.05) is 44.3 Å². The molecule has 0 unspecified atom stereocenters. The van der Waals surface area contributed by atoms with E-state index >= 15 is 0 Å². The second kappa shape index (κ2) is 10.1. The Morgan fingerprint density at radius 2 is 1.94 bits per heavy atom. The molecule has 1 amide bonds.